The maximum absolute atomic E-state index is 13.2. The summed E-state index contributed by atoms with van der Waals surface area (Å²) in [5.74, 6) is 5.04. The summed E-state index contributed by atoms with van der Waals surface area (Å²) in [5.41, 5.74) is 3.71. The van der Waals surface area contributed by atoms with Gasteiger partial charge < -0.3 is 4.57 Å². The lowest BCUT2D eigenvalue weighted by Gasteiger charge is -2.11. The zero-order valence-corrected chi connectivity index (χ0v) is 12.4. The highest BCUT2D eigenvalue weighted by atomic mass is 19.1. The summed E-state index contributed by atoms with van der Waals surface area (Å²) in [6.07, 6.45) is 0.581. The van der Waals surface area contributed by atoms with Gasteiger partial charge in [0.05, 0.1) is 5.69 Å². The van der Waals surface area contributed by atoms with Crippen LogP contribution < -0.4 is 0 Å². The quantitative estimate of drug-likeness (QED) is 0.531. The monoisotopic (exact) mass is 303 g/mol. The molecule has 3 aromatic rings. The zero-order valence-electron chi connectivity index (χ0n) is 12.4. The van der Waals surface area contributed by atoms with E-state index in [0.29, 0.717) is 12.8 Å². The van der Waals surface area contributed by atoms with Crippen LogP contribution >= 0.6 is 0 Å². The summed E-state index contributed by atoms with van der Waals surface area (Å²) in [4.78, 5) is 10.5. The van der Waals surface area contributed by atoms with Crippen LogP contribution in [0.4, 0.5) is 4.39 Å². The minimum absolute atomic E-state index is 0.268. The normalized spacial score (nSPS) is 9.96. The lowest BCUT2D eigenvalue weighted by Crippen LogP contribution is -2.04. The standard InChI is InChI=1S/C20H14FNO/c21-18-10-8-17(9-11-18)20-13-12-19(7-4-14-23)22(20)15-16-5-2-1-3-6-16/h1-3,5-6,8-14H,15H2. The summed E-state index contributed by atoms with van der Waals surface area (Å²) in [5, 5.41) is 0. The molecule has 0 aliphatic carbocycles. The fourth-order valence-electron chi connectivity index (χ4n) is 2.49. The molecule has 0 amide bonds. The van der Waals surface area contributed by atoms with E-state index in [-0.39, 0.29) is 5.82 Å². The van der Waals surface area contributed by atoms with Crippen molar-refractivity contribution < 1.29 is 9.18 Å². The number of carbonyl (C=O) groups excluding carboxylic acids is 1. The van der Waals surface area contributed by atoms with E-state index in [0.717, 1.165) is 22.5 Å². The van der Waals surface area contributed by atoms with E-state index in [2.05, 4.69) is 11.8 Å². The zero-order chi connectivity index (χ0) is 16.1. The Kier molecular flexibility index (Phi) is 4.35. The van der Waals surface area contributed by atoms with Crippen molar-refractivity contribution >= 4 is 6.29 Å². The number of benzene rings is 2. The lowest BCUT2D eigenvalue weighted by atomic mass is 10.1. The van der Waals surface area contributed by atoms with Crippen molar-refractivity contribution in [1.29, 1.82) is 0 Å². The summed E-state index contributed by atoms with van der Waals surface area (Å²) in [6, 6.07) is 20.2. The van der Waals surface area contributed by atoms with Gasteiger partial charge in [0, 0.05) is 12.2 Å². The number of carbonyl (C=O) groups is 1. The van der Waals surface area contributed by atoms with E-state index in [4.69, 9.17) is 0 Å². The van der Waals surface area contributed by atoms with E-state index in [1.54, 1.807) is 12.1 Å². The summed E-state index contributed by atoms with van der Waals surface area (Å²) in [7, 11) is 0. The molecule has 0 N–H and O–H groups in total. The third kappa shape index (κ3) is 3.38. The number of aldehydes is 1. The van der Waals surface area contributed by atoms with Gasteiger partial charge in [-0.05, 0) is 59.4 Å². The van der Waals surface area contributed by atoms with Gasteiger partial charge in [0.25, 0.3) is 0 Å². The van der Waals surface area contributed by atoms with Gasteiger partial charge in [0.1, 0.15) is 5.82 Å². The second-order valence-corrected chi connectivity index (χ2v) is 5.07. The van der Waals surface area contributed by atoms with Crippen LogP contribution in [-0.4, -0.2) is 10.9 Å². The molecule has 3 heteroatoms. The molecule has 112 valence electrons. The molecule has 1 heterocycles. The van der Waals surface area contributed by atoms with E-state index in [9.17, 15) is 9.18 Å². The van der Waals surface area contributed by atoms with Gasteiger partial charge in [-0.3, -0.25) is 4.79 Å². The van der Waals surface area contributed by atoms with Gasteiger partial charge in [-0.25, -0.2) is 4.39 Å². The minimum atomic E-state index is -0.268. The molecule has 1 aromatic heterocycles. The highest BCUT2D eigenvalue weighted by Crippen LogP contribution is 2.24. The van der Waals surface area contributed by atoms with Crippen LogP contribution in [0.5, 0.6) is 0 Å². The fraction of sp³-hybridized carbons (Fsp3) is 0.0500. The van der Waals surface area contributed by atoms with Crippen molar-refractivity contribution in [2.75, 3.05) is 0 Å². The van der Waals surface area contributed by atoms with Crippen LogP contribution in [0.15, 0.2) is 66.7 Å². The second-order valence-electron chi connectivity index (χ2n) is 5.07. The maximum atomic E-state index is 13.2. The van der Waals surface area contributed by atoms with Crippen LogP contribution in [-0.2, 0) is 11.3 Å². The van der Waals surface area contributed by atoms with E-state index >= 15 is 0 Å². The van der Waals surface area contributed by atoms with Crippen molar-refractivity contribution in [3.05, 3.63) is 83.8 Å². The largest absolute Gasteiger partial charge is 0.330 e. The van der Waals surface area contributed by atoms with Crippen LogP contribution in [0.3, 0.4) is 0 Å². The summed E-state index contributed by atoms with van der Waals surface area (Å²) in [6.45, 7) is 0.628. The van der Waals surface area contributed by atoms with Crippen LogP contribution in [0.2, 0.25) is 0 Å². The molecule has 0 bridgehead atoms. The number of hydrogen-bond acceptors (Lipinski definition) is 1. The van der Waals surface area contributed by atoms with Crippen molar-refractivity contribution in [2.24, 2.45) is 0 Å². The Labute approximate surface area is 134 Å². The molecule has 0 aliphatic rings. The summed E-state index contributed by atoms with van der Waals surface area (Å²) < 4.78 is 15.2. The fourth-order valence-corrected chi connectivity index (χ4v) is 2.49. The van der Waals surface area contributed by atoms with Crippen LogP contribution in [0.25, 0.3) is 11.3 Å². The Bertz CT molecular complexity index is 868. The van der Waals surface area contributed by atoms with Crippen molar-refractivity contribution in [2.45, 2.75) is 6.54 Å². The number of rotatable bonds is 3. The average molecular weight is 303 g/mol. The highest BCUT2D eigenvalue weighted by Gasteiger charge is 2.09. The lowest BCUT2D eigenvalue weighted by molar-refractivity contribution is -0.103. The molecule has 0 radical (unpaired) electrons. The predicted octanol–water partition coefficient (Wildman–Crippen LogP) is 3.89. The average Bonchev–Trinajstić information content (AvgIpc) is 2.97. The first-order chi connectivity index (χ1) is 11.3. The molecule has 0 spiro atoms. The molecule has 0 fully saturated rings. The Morgan fingerprint density at radius 1 is 0.957 bits per heavy atom. The SMILES string of the molecule is O=CC#Cc1ccc(-c2ccc(F)cc2)n1Cc1ccccc1. The smallest absolute Gasteiger partial charge is 0.193 e. The predicted molar refractivity (Wildman–Crippen MR) is 88.3 cm³/mol. The van der Waals surface area contributed by atoms with Gasteiger partial charge in [-0.2, -0.15) is 0 Å². The van der Waals surface area contributed by atoms with Crippen LogP contribution in [0.1, 0.15) is 11.3 Å². The van der Waals surface area contributed by atoms with Gasteiger partial charge >= 0.3 is 0 Å². The Balaban J connectivity index is 2.07. The minimum Gasteiger partial charge on any atom is -0.330 e. The molecule has 0 saturated heterocycles. The molecule has 0 saturated carbocycles. The summed E-state index contributed by atoms with van der Waals surface area (Å²) >= 11 is 0. The molecular weight excluding hydrogens is 289 g/mol. The molecule has 2 aromatic carbocycles. The van der Waals surface area contributed by atoms with Gasteiger partial charge in [0.2, 0.25) is 0 Å². The molecule has 2 nitrogen and oxygen atoms in total. The Morgan fingerprint density at radius 3 is 2.39 bits per heavy atom. The highest BCUT2D eigenvalue weighted by molar-refractivity contribution is 5.74. The number of hydrogen-bond donors (Lipinski definition) is 0. The first kappa shape index (κ1) is 14.8. The molecule has 23 heavy (non-hydrogen) atoms. The third-order valence-electron chi connectivity index (χ3n) is 3.56. The van der Waals surface area contributed by atoms with Gasteiger partial charge in [-0.15, -0.1) is 0 Å². The third-order valence-corrected chi connectivity index (χ3v) is 3.56. The first-order valence-electron chi connectivity index (χ1n) is 7.22. The van der Waals surface area contributed by atoms with Gasteiger partial charge in [-0.1, -0.05) is 30.3 Å². The molecular formula is C20H14FNO. The first-order valence-corrected chi connectivity index (χ1v) is 7.22. The molecule has 0 atom stereocenters. The molecule has 0 unspecified atom stereocenters. The number of halogens is 1. The second kappa shape index (κ2) is 6.76. The van der Waals surface area contributed by atoms with Gasteiger partial charge in [0.15, 0.2) is 6.29 Å². The van der Waals surface area contributed by atoms with Crippen molar-refractivity contribution in [3.63, 3.8) is 0 Å². The van der Waals surface area contributed by atoms with Crippen LogP contribution in [0, 0.1) is 17.7 Å². The Morgan fingerprint density at radius 2 is 1.70 bits per heavy atom. The topological polar surface area (TPSA) is 22.0 Å². The molecule has 3 rings (SSSR count). The number of nitrogens with zero attached hydrogens (tertiary/aromatic N) is 1. The maximum Gasteiger partial charge on any atom is 0.193 e. The van der Waals surface area contributed by atoms with Crippen molar-refractivity contribution in [1.82, 2.24) is 4.57 Å². The molecule has 0 aliphatic heterocycles. The Hall–Kier alpha value is -3.12. The van der Waals surface area contributed by atoms with E-state index in [1.165, 1.54) is 12.1 Å². The van der Waals surface area contributed by atoms with Crippen molar-refractivity contribution in [3.8, 4) is 23.1 Å². The van der Waals surface area contributed by atoms with E-state index < -0.39 is 0 Å². The number of aromatic nitrogens is 1. The van der Waals surface area contributed by atoms with E-state index in [1.807, 2.05) is 47.0 Å².